The lowest BCUT2D eigenvalue weighted by Gasteiger charge is -2.13. The number of anilines is 3. The van der Waals surface area contributed by atoms with E-state index in [9.17, 15) is 18.0 Å². The molecule has 4 nitrogen and oxygen atoms in total. The van der Waals surface area contributed by atoms with Gasteiger partial charge in [-0.25, -0.2) is 18.0 Å². The number of carboxylic acid groups (broad SMARTS) is 1. The molecule has 2 aromatic rings. The van der Waals surface area contributed by atoms with Crippen LogP contribution in [0.4, 0.5) is 30.2 Å². The van der Waals surface area contributed by atoms with Crippen LogP contribution in [0.3, 0.4) is 0 Å². The van der Waals surface area contributed by atoms with Crippen LogP contribution in [0.2, 0.25) is 0 Å². The lowest BCUT2D eigenvalue weighted by molar-refractivity contribution is 0.0698. The van der Waals surface area contributed by atoms with E-state index in [0.29, 0.717) is 0 Å². The number of nitrogen functional groups attached to an aromatic ring is 1. The molecule has 0 spiro atoms. The fourth-order valence-electron chi connectivity index (χ4n) is 1.69. The van der Waals surface area contributed by atoms with Crippen molar-refractivity contribution >= 4 is 39.0 Å². The number of benzene rings is 2. The summed E-state index contributed by atoms with van der Waals surface area (Å²) >= 11 is 2.82. The van der Waals surface area contributed by atoms with Crippen molar-refractivity contribution in [1.82, 2.24) is 0 Å². The van der Waals surface area contributed by atoms with Crippen molar-refractivity contribution in [3.05, 3.63) is 51.8 Å². The summed E-state index contributed by atoms with van der Waals surface area (Å²) in [6.45, 7) is 0. The first kappa shape index (κ1) is 15.2. The Morgan fingerprint density at radius 2 is 1.76 bits per heavy atom. The van der Waals surface area contributed by atoms with Gasteiger partial charge in [0, 0.05) is 6.07 Å². The zero-order chi connectivity index (χ0) is 15.7. The molecule has 0 aromatic heterocycles. The van der Waals surface area contributed by atoms with Gasteiger partial charge in [-0.2, -0.15) is 0 Å². The van der Waals surface area contributed by atoms with Crippen LogP contribution in [0.15, 0.2) is 28.7 Å². The second kappa shape index (κ2) is 5.65. The van der Waals surface area contributed by atoms with Crippen molar-refractivity contribution in [2.24, 2.45) is 0 Å². The van der Waals surface area contributed by atoms with Gasteiger partial charge in [-0.05, 0) is 34.1 Å². The van der Waals surface area contributed by atoms with Gasteiger partial charge < -0.3 is 16.2 Å². The average molecular weight is 361 g/mol. The highest BCUT2D eigenvalue weighted by atomic mass is 79.9. The topological polar surface area (TPSA) is 75.3 Å². The van der Waals surface area contributed by atoms with Crippen molar-refractivity contribution in [2.75, 3.05) is 11.1 Å². The number of hydrogen-bond donors (Lipinski definition) is 3. The minimum absolute atomic E-state index is 0.0809. The van der Waals surface area contributed by atoms with Gasteiger partial charge in [0.2, 0.25) is 0 Å². The van der Waals surface area contributed by atoms with Crippen molar-refractivity contribution in [3.8, 4) is 0 Å². The molecule has 0 heterocycles. The molecule has 0 amide bonds. The molecular formula is C13H8BrF3N2O2. The third-order valence-corrected chi connectivity index (χ3v) is 3.29. The quantitative estimate of drug-likeness (QED) is 0.573. The van der Waals surface area contributed by atoms with E-state index >= 15 is 0 Å². The Balaban J connectivity index is 2.52. The van der Waals surface area contributed by atoms with E-state index in [1.165, 1.54) is 0 Å². The lowest BCUT2D eigenvalue weighted by atomic mass is 10.1. The zero-order valence-electron chi connectivity index (χ0n) is 10.3. The SMILES string of the molecule is Nc1c(F)ccc(Nc2cc(F)c(Br)cc2F)c1C(=O)O. The van der Waals surface area contributed by atoms with E-state index in [2.05, 4.69) is 21.2 Å². The van der Waals surface area contributed by atoms with E-state index in [4.69, 9.17) is 10.8 Å². The third-order valence-electron chi connectivity index (χ3n) is 2.69. The summed E-state index contributed by atoms with van der Waals surface area (Å²) in [6, 6.07) is 3.72. The molecule has 0 aliphatic heterocycles. The van der Waals surface area contributed by atoms with Gasteiger partial charge in [-0.15, -0.1) is 0 Å². The molecule has 21 heavy (non-hydrogen) atoms. The van der Waals surface area contributed by atoms with E-state index in [0.717, 1.165) is 24.3 Å². The van der Waals surface area contributed by atoms with Crippen LogP contribution < -0.4 is 11.1 Å². The predicted molar refractivity (Wildman–Crippen MR) is 75.1 cm³/mol. The third kappa shape index (κ3) is 2.94. The molecule has 0 atom stereocenters. The molecule has 2 rings (SSSR count). The van der Waals surface area contributed by atoms with Crippen molar-refractivity contribution < 1.29 is 23.1 Å². The molecule has 0 bridgehead atoms. The van der Waals surface area contributed by atoms with Crippen LogP contribution in [-0.2, 0) is 0 Å². The summed E-state index contributed by atoms with van der Waals surface area (Å²) in [7, 11) is 0. The minimum atomic E-state index is -1.49. The van der Waals surface area contributed by atoms with Gasteiger partial charge in [0.1, 0.15) is 23.0 Å². The number of nitrogens with two attached hydrogens (primary N) is 1. The van der Waals surface area contributed by atoms with Gasteiger partial charge in [0.05, 0.1) is 21.5 Å². The van der Waals surface area contributed by atoms with Gasteiger partial charge in [0.15, 0.2) is 0 Å². The molecular weight excluding hydrogens is 353 g/mol. The molecule has 0 saturated heterocycles. The van der Waals surface area contributed by atoms with Crippen LogP contribution in [-0.4, -0.2) is 11.1 Å². The Hall–Kier alpha value is -2.22. The second-order valence-corrected chi connectivity index (χ2v) is 4.91. The highest BCUT2D eigenvalue weighted by Crippen LogP contribution is 2.30. The number of hydrogen-bond acceptors (Lipinski definition) is 3. The lowest BCUT2D eigenvalue weighted by Crippen LogP contribution is -2.09. The normalized spacial score (nSPS) is 10.5. The number of nitrogens with one attached hydrogen (secondary N) is 1. The predicted octanol–water partition coefficient (Wildman–Crippen LogP) is 3.89. The fraction of sp³-hybridized carbons (Fsp3) is 0. The maximum absolute atomic E-state index is 13.7. The summed E-state index contributed by atoms with van der Waals surface area (Å²) in [5.41, 5.74) is 3.76. The maximum atomic E-state index is 13.7. The maximum Gasteiger partial charge on any atom is 0.340 e. The summed E-state index contributed by atoms with van der Waals surface area (Å²) in [4.78, 5) is 11.1. The minimum Gasteiger partial charge on any atom is -0.478 e. The average Bonchev–Trinajstić information content (AvgIpc) is 2.40. The summed E-state index contributed by atoms with van der Waals surface area (Å²) in [5, 5.41) is 11.4. The van der Waals surface area contributed by atoms with Crippen LogP contribution >= 0.6 is 15.9 Å². The number of aromatic carboxylic acids is 1. The molecule has 0 fully saturated rings. The van der Waals surface area contributed by atoms with E-state index in [1.807, 2.05) is 0 Å². The van der Waals surface area contributed by atoms with Gasteiger partial charge >= 0.3 is 5.97 Å². The summed E-state index contributed by atoms with van der Waals surface area (Å²) < 4.78 is 40.3. The largest absolute Gasteiger partial charge is 0.478 e. The number of carbonyl (C=O) groups is 1. The molecule has 2 aromatic carbocycles. The molecule has 0 saturated carbocycles. The molecule has 0 radical (unpaired) electrons. The monoisotopic (exact) mass is 360 g/mol. The highest BCUT2D eigenvalue weighted by Gasteiger charge is 2.19. The van der Waals surface area contributed by atoms with Crippen LogP contribution in [0, 0.1) is 17.5 Å². The molecule has 0 aliphatic carbocycles. The zero-order valence-corrected chi connectivity index (χ0v) is 11.8. The molecule has 8 heteroatoms. The molecule has 4 N–H and O–H groups in total. The van der Waals surface area contributed by atoms with Crippen molar-refractivity contribution in [3.63, 3.8) is 0 Å². The number of halogens is 4. The molecule has 0 aliphatic rings. The van der Waals surface area contributed by atoms with Crippen LogP contribution in [0.5, 0.6) is 0 Å². The summed E-state index contributed by atoms with van der Waals surface area (Å²) in [6.07, 6.45) is 0. The fourth-order valence-corrected chi connectivity index (χ4v) is 2.01. The number of carboxylic acids is 1. The van der Waals surface area contributed by atoms with Gasteiger partial charge in [-0.3, -0.25) is 0 Å². The Morgan fingerprint density at radius 1 is 1.10 bits per heavy atom. The van der Waals surface area contributed by atoms with E-state index < -0.39 is 34.7 Å². The number of rotatable bonds is 3. The Labute approximate surface area is 125 Å². The van der Waals surface area contributed by atoms with Crippen molar-refractivity contribution in [1.29, 1.82) is 0 Å². The Morgan fingerprint density at radius 3 is 2.38 bits per heavy atom. The van der Waals surface area contributed by atoms with Crippen LogP contribution in [0.1, 0.15) is 10.4 Å². The first-order valence-electron chi connectivity index (χ1n) is 5.54. The first-order chi connectivity index (χ1) is 9.81. The van der Waals surface area contributed by atoms with Gasteiger partial charge in [-0.1, -0.05) is 0 Å². The van der Waals surface area contributed by atoms with E-state index in [1.54, 1.807) is 0 Å². The second-order valence-electron chi connectivity index (χ2n) is 4.06. The van der Waals surface area contributed by atoms with Crippen LogP contribution in [0.25, 0.3) is 0 Å². The highest BCUT2D eigenvalue weighted by molar-refractivity contribution is 9.10. The molecule has 0 unspecified atom stereocenters. The first-order valence-corrected chi connectivity index (χ1v) is 6.33. The van der Waals surface area contributed by atoms with Crippen molar-refractivity contribution in [2.45, 2.75) is 0 Å². The smallest absolute Gasteiger partial charge is 0.340 e. The summed E-state index contributed by atoms with van der Waals surface area (Å²) in [5.74, 6) is -3.97. The Kier molecular flexibility index (Phi) is 4.08. The standard InChI is InChI=1S/C13H8BrF3N2O2/c14-5-3-8(17)10(4-7(5)16)19-9-2-1-6(15)12(18)11(9)13(20)21/h1-4,19H,18H2,(H,20,21). The molecule has 110 valence electrons. The van der Waals surface area contributed by atoms with E-state index in [-0.39, 0.29) is 15.8 Å². The Bertz CT molecular complexity index is 738. The van der Waals surface area contributed by atoms with Gasteiger partial charge in [0.25, 0.3) is 0 Å².